The molecular weight excluding hydrogens is 344 g/mol. The summed E-state index contributed by atoms with van der Waals surface area (Å²) in [6, 6.07) is 2.16. The molecule has 1 aromatic carbocycles. The third-order valence-electron chi connectivity index (χ3n) is 2.68. The lowest BCUT2D eigenvalue weighted by atomic mass is 10.3. The first-order valence-corrected chi connectivity index (χ1v) is 7.82. The first-order valence-electron chi connectivity index (χ1n) is 5.58. The summed E-state index contributed by atoms with van der Waals surface area (Å²) in [5, 5.41) is 14.3. The molecular formula is C11H10Cl2FN3O3S. The van der Waals surface area contributed by atoms with E-state index < -0.39 is 22.4 Å². The van der Waals surface area contributed by atoms with Crippen LogP contribution in [-0.4, -0.2) is 23.7 Å². The summed E-state index contributed by atoms with van der Waals surface area (Å²) in [6.45, 7) is 1.08. The molecule has 0 saturated heterocycles. The highest BCUT2D eigenvalue weighted by molar-refractivity contribution is 7.92. The molecule has 0 spiro atoms. The van der Waals surface area contributed by atoms with Crippen molar-refractivity contribution >= 4 is 38.9 Å². The van der Waals surface area contributed by atoms with Gasteiger partial charge in [-0.3, -0.25) is 9.82 Å². The van der Waals surface area contributed by atoms with E-state index in [0.29, 0.717) is 5.69 Å². The minimum Gasteiger partial charge on any atom is -0.392 e. The van der Waals surface area contributed by atoms with Gasteiger partial charge in [0.1, 0.15) is 0 Å². The van der Waals surface area contributed by atoms with Crippen LogP contribution >= 0.6 is 23.2 Å². The Hall–Kier alpha value is -1.35. The second-order valence-corrected chi connectivity index (χ2v) is 6.56. The highest BCUT2D eigenvalue weighted by atomic mass is 35.5. The molecule has 0 saturated carbocycles. The van der Waals surface area contributed by atoms with Crippen LogP contribution in [0.3, 0.4) is 0 Å². The molecule has 0 amide bonds. The summed E-state index contributed by atoms with van der Waals surface area (Å²) in [4.78, 5) is 0. The molecule has 6 nitrogen and oxygen atoms in total. The van der Waals surface area contributed by atoms with E-state index in [9.17, 15) is 17.9 Å². The highest BCUT2D eigenvalue weighted by Gasteiger charge is 2.24. The molecule has 0 aliphatic rings. The van der Waals surface area contributed by atoms with Crippen LogP contribution in [0.4, 0.5) is 10.1 Å². The van der Waals surface area contributed by atoms with E-state index in [1.165, 1.54) is 0 Å². The number of aromatic nitrogens is 2. The van der Waals surface area contributed by atoms with Crippen LogP contribution < -0.4 is 4.72 Å². The van der Waals surface area contributed by atoms with Gasteiger partial charge in [0, 0.05) is 11.3 Å². The summed E-state index contributed by atoms with van der Waals surface area (Å²) in [6.07, 6.45) is 0. The normalized spacial score (nSPS) is 11.7. The number of aliphatic hydroxyl groups excluding tert-OH is 1. The Bertz CT molecular complexity index is 769. The topological polar surface area (TPSA) is 95.1 Å². The molecule has 21 heavy (non-hydrogen) atoms. The maximum Gasteiger partial charge on any atom is 0.281 e. The van der Waals surface area contributed by atoms with Crippen molar-refractivity contribution in [3.8, 4) is 0 Å². The molecule has 10 heteroatoms. The number of benzene rings is 1. The first kappa shape index (κ1) is 16.0. The molecule has 0 atom stereocenters. The van der Waals surface area contributed by atoms with Gasteiger partial charge in [-0.2, -0.15) is 13.5 Å². The fourth-order valence-corrected chi connectivity index (χ4v) is 3.38. The Morgan fingerprint density at radius 1 is 1.38 bits per heavy atom. The second-order valence-electron chi connectivity index (χ2n) is 4.15. The lowest BCUT2D eigenvalue weighted by Crippen LogP contribution is -2.15. The van der Waals surface area contributed by atoms with E-state index in [4.69, 9.17) is 23.2 Å². The number of nitrogens with one attached hydrogen (secondary N) is 2. The number of aromatic amines is 1. The largest absolute Gasteiger partial charge is 0.392 e. The maximum absolute atomic E-state index is 13.3. The van der Waals surface area contributed by atoms with Crippen LogP contribution in [0.1, 0.15) is 11.3 Å². The molecule has 0 fully saturated rings. The van der Waals surface area contributed by atoms with Gasteiger partial charge in [-0.1, -0.05) is 23.2 Å². The van der Waals surface area contributed by atoms with Crippen LogP contribution in [-0.2, 0) is 16.6 Å². The number of nitrogens with zero attached hydrogens (tertiary/aromatic N) is 1. The van der Waals surface area contributed by atoms with Gasteiger partial charge in [0.15, 0.2) is 5.82 Å². The van der Waals surface area contributed by atoms with Crippen molar-refractivity contribution in [3.05, 3.63) is 39.3 Å². The van der Waals surface area contributed by atoms with E-state index >= 15 is 0 Å². The molecule has 1 heterocycles. The summed E-state index contributed by atoms with van der Waals surface area (Å²) < 4.78 is 39.9. The third-order valence-corrected chi connectivity index (χ3v) is 4.59. The number of aliphatic hydroxyl groups is 1. The summed E-state index contributed by atoms with van der Waals surface area (Å²) in [7, 11) is -4.07. The molecule has 2 rings (SSSR count). The highest BCUT2D eigenvalue weighted by Crippen LogP contribution is 2.29. The Kier molecular flexibility index (Phi) is 4.43. The van der Waals surface area contributed by atoms with E-state index in [-0.39, 0.29) is 26.3 Å². The lowest BCUT2D eigenvalue weighted by Gasteiger charge is -2.09. The van der Waals surface area contributed by atoms with Crippen LogP contribution in [0, 0.1) is 12.7 Å². The number of anilines is 1. The van der Waals surface area contributed by atoms with Crippen molar-refractivity contribution < 1.29 is 17.9 Å². The van der Waals surface area contributed by atoms with Gasteiger partial charge in [-0.05, 0) is 19.1 Å². The molecule has 114 valence electrons. The van der Waals surface area contributed by atoms with Gasteiger partial charge in [-0.15, -0.1) is 0 Å². The molecule has 0 aliphatic carbocycles. The number of aryl methyl sites for hydroxylation is 1. The van der Waals surface area contributed by atoms with Crippen molar-refractivity contribution in [2.45, 2.75) is 18.6 Å². The number of hydrogen-bond acceptors (Lipinski definition) is 4. The molecule has 0 bridgehead atoms. The molecule has 1 aromatic heterocycles. The van der Waals surface area contributed by atoms with Crippen LogP contribution in [0.5, 0.6) is 0 Å². The number of sulfonamides is 1. The lowest BCUT2D eigenvalue weighted by molar-refractivity contribution is 0.277. The molecule has 0 unspecified atom stereocenters. The van der Waals surface area contributed by atoms with Crippen LogP contribution in [0.15, 0.2) is 17.2 Å². The van der Waals surface area contributed by atoms with Gasteiger partial charge in [0.05, 0.1) is 22.3 Å². The third kappa shape index (κ3) is 3.13. The van der Waals surface area contributed by atoms with Crippen molar-refractivity contribution in [2.75, 3.05) is 4.72 Å². The van der Waals surface area contributed by atoms with Gasteiger partial charge in [-0.25, -0.2) is 4.39 Å². The zero-order valence-corrected chi connectivity index (χ0v) is 12.9. The van der Waals surface area contributed by atoms with Crippen molar-refractivity contribution in [3.63, 3.8) is 0 Å². The molecule has 0 aliphatic heterocycles. The Labute approximate surface area is 129 Å². The number of hydrogen-bond donors (Lipinski definition) is 3. The zero-order chi connectivity index (χ0) is 15.8. The monoisotopic (exact) mass is 353 g/mol. The average Bonchev–Trinajstić information content (AvgIpc) is 2.77. The van der Waals surface area contributed by atoms with Gasteiger partial charge in [0.2, 0.25) is 5.03 Å². The quantitative estimate of drug-likeness (QED) is 0.735. The van der Waals surface area contributed by atoms with Crippen molar-refractivity contribution in [2.24, 2.45) is 0 Å². The number of rotatable bonds is 4. The van der Waals surface area contributed by atoms with E-state index in [2.05, 4.69) is 14.9 Å². The smallest absolute Gasteiger partial charge is 0.281 e. The average molecular weight is 354 g/mol. The SMILES string of the molecule is Cc1[nH]nc(S(=O)(=O)Nc2cc(Cl)c(F)c(Cl)c2)c1CO. The number of halogens is 3. The van der Waals surface area contributed by atoms with Crippen molar-refractivity contribution in [1.82, 2.24) is 10.2 Å². The van der Waals surface area contributed by atoms with Crippen molar-refractivity contribution in [1.29, 1.82) is 0 Å². The van der Waals surface area contributed by atoms with Gasteiger partial charge in [0.25, 0.3) is 10.0 Å². The predicted molar refractivity (Wildman–Crippen MR) is 76.5 cm³/mol. The minimum atomic E-state index is -4.07. The Balaban J connectivity index is 2.42. The minimum absolute atomic E-state index is 0.0176. The maximum atomic E-state index is 13.3. The van der Waals surface area contributed by atoms with E-state index in [1.54, 1.807) is 6.92 Å². The second kappa shape index (κ2) is 5.80. The summed E-state index contributed by atoms with van der Waals surface area (Å²) in [5.41, 5.74) is 0.547. The van der Waals surface area contributed by atoms with Crippen LogP contribution in [0.25, 0.3) is 0 Å². The fraction of sp³-hybridized carbons (Fsp3) is 0.182. The predicted octanol–water partition coefficient (Wildman–Crippen LogP) is 2.46. The molecule has 3 N–H and O–H groups in total. The van der Waals surface area contributed by atoms with Crippen LogP contribution in [0.2, 0.25) is 10.0 Å². The molecule has 0 radical (unpaired) electrons. The van der Waals surface area contributed by atoms with Gasteiger partial charge < -0.3 is 5.11 Å². The van der Waals surface area contributed by atoms with E-state index in [1.807, 2.05) is 0 Å². The van der Waals surface area contributed by atoms with E-state index in [0.717, 1.165) is 12.1 Å². The standard InChI is InChI=1S/C11H10Cl2FN3O3S/c1-5-7(4-18)11(16-15-5)21(19,20)17-6-2-8(12)10(14)9(13)3-6/h2-3,17-18H,4H2,1H3,(H,15,16). The Morgan fingerprint density at radius 2 is 1.95 bits per heavy atom. The fourth-order valence-electron chi connectivity index (χ4n) is 1.66. The summed E-state index contributed by atoms with van der Waals surface area (Å²) >= 11 is 11.2. The van der Waals surface area contributed by atoms with Gasteiger partial charge >= 0.3 is 0 Å². The number of H-pyrrole nitrogens is 1. The first-order chi connectivity index (χ1) is 9.76. The molecule has 2 aromatic rings. The summed E-state index contributed by atoms with van der Waals surface area (Å²) in [5.74, 6) is -0.840. The Morgan fingerprint density at radius 3 is 2.48 bits per heavy atom. The zero-order valence-electron chi connectivity index (χ0n) is 10.6.